The predicted octanol–water partition coefficient (Wildman–Crippen LogP) is 2.57. The summed E-state index contributed by atoms with van der Waals surface area (Å²) < 4.78 is 11.4. The van der Waals surface area contributed by atoms with Gasteiger partial charge in [0.2, 0.25) is 0 Å². The van der Waals surface area contributed by atoms with Crippen LogP contribution in [0.2, 0.25) is 0 Å². The summed E-state index contributed by atoms with van der Waals surface area (Å²) in [6, 6.07) is 6.01. The maximum absolute atomic E-state index is 11.9. The molecule has 0 spiro atoms. The number of hydrogen-bond donors (Lipinski definition) is 1. The van der Waals surface area contributed by atoms with Crippen molar-refractivity contribution in [3.63, 3.8) is 0 Å². The fraction of sp³-hybridized carbons (Fsp3) is 0.588. The zero-order valence-electron chi connectivity index (χ0n) is 13.7. The second kappa shape index (κ2) is 8.03. The van der Waals surface area contributed by atoms with Gasteiger partial charge in [-0.3, -0.25) is 0 Å². The number of urea groups is 1. The Morgan fingerprint density at radius 3 is 3.00 bits per heavy atom. The molecule has 1 heterocycles. The number of nitrogens with zero attached hydrogens (tertiary/aromatic N) is 1. The maximum Gasteiger partial charge on any atom is 0.317 e. The van der Waals surface area contributed by atoms with Gasteiger partial charge in [-0.05, 0) is 31.9 Å². The van der Waals surface area contributed by atoms with Gasteiger partial charge >= 0.3 is 6.03 Å². The molecule has 1 atom stereocenters. The summed E-state index contributed by atoms with van der Waals surface area (Å²) in [4.78, 5) is 13.5. The molecule has 2 amide bonds. The van der Waals surface area contributed by atoms with E-state index in [1.54, 1.807) is 11.9 Å². The number of benzene rings is 1. The molecule has 0 saturated carbocycles. The third-order valence-corrected chi connectivity index (χ3v) is 3.97. The second-order valence-electron chi connectivity index (χ2n) is 5.82. The molecule has 0 aliphatic carbocycles. The molecule has 1 unspecified atom stereocenters. The lowest BCUT2D eigenvalue weighted by atomic mass is 10.1. The Kier molecular flexibility index (Phi) is 6.07. The first kappa shape index (κ1) is 16.6. The molecule has 5 heteroatoms. The number of hydrogen-bond acceptors (Lipinski definition) is 3. The van der Waals surface area contributed by atoms with Crippen LogP contribution < -0.4 is 10.1 Å². The second-order valence-corrected chi connectivity index (χ2v) is 5.82. The first-order valence-electron chi connectivity index (χ1n) is 7.89. The van der Waals surface area contributed by atoms with Crippen LogP contribution in [0.15, 0.2) is 18.2 Å². The molecule has 0 radical (unpaired) electrons. The molecular formula is C17H26N2O3. The fourth-order valence-electron chi connectivity index (χ4n) is 2.31. The van der Waals surface area contributed by atoms with Crippen LogP contribution >= 0.6 is 0 Å². The average molecular weight is 306 g/mol. The van der Waals surface area contributed by atoms with Crippen molar-refractivity contribution in [2.75, 3.05) is 33.4 Å². The number of carbonyl (C=O) groups excluding carboxylic acids is 1. The smallest absolute Gasteiger partial charge is 0.317 e. The van der Waals surface area contributed by atoms with Gasteiger partial charge in [-0.1, -0.05) is 12.1 Å². The lowest BCUT2D eigenvalue weighted by Gasteiger charge is -2.18. The van der Waals surface area contributed by atoms with Crippen molar-refractivity contribution in [3.05, 3.63) is 29.3 Å². The minimum atomic E-state index is -0.0711. The van der Waals surface area contributed by atoms with Crippen molar-refractivity contribution in [1.82, 2.24) is 10.2 Å². The molecule has 1 aromatic carbocycles. The van der Waals surface area contributed by atoms with E-state index >= 15 is 0 Å². The topological polar surface area (TPSA) is 50.8 Å². The summed E-state index contributed by atoms with van der Waals surface area (Å²) in [5.74, 6) is 1.32. The molecule has 1 saturated heterocycles. The van der Waals surface area contributed by atoms with E-state index in [1.807, 2.05) is 32.0 Å². The molecule has 22 heavy (non-hydrogen) atoms. The van der Waals surface area contributed by atoms with Crippen LogP contribution in [0.1, 0.15) is 24.5 Å². The average Bonchev–Trinajstić information content (AvgIpc) is 3.04. The van der Waals surface area contributed by atoms with Crippen LogP contribution in [0.5, 0.6) is 5.75 Å². The van der Waals surface area contributed by atoms with Gasteiger partial charge in [0, 0.05) is 38.2 Å². The van der Waals surface area contributed by atoms with Gasteiger partial charge in [0.25, 0.3) is 0 Å². The van der Waals surface area contributed by atoms with Gasteiger partial charge in [0.1, 0.15) is 5.75 Å². The van der Waals surface area contributed by atoms with Crippen molar-refractivity contribution in [1.29, 1.82) is 0 Å². The van der Waals surface area contributed by atoms with Crippen LogP contribution in [0.4, 0.5) is 4.79 Å². The highest BCUT2D eigenvalue weighted by Gasteiger charge is 2.17. The highest BCUT2D eigenvalue weighted by atomic mass is 16.5. The van der Waals surface area contributed by atoms with Crippen LogP contribution in [-0.4, -0.2) is 44.3 Å². The fourth-order valence-corrected chi connectivity index (χ4v) is 2.31. The Balaban J connectivity index is 1.95. The summed E-state index contributed by atoms with van der Waals surface area (Å²) in [5.41, 5.74) is 2.15. The van der Waals surface area contributed by atoms with Gasteiger partial charge in [0.05, 0.1) is 13.2 Å². The van der Waals surface area contributed by atoms with Gasteiger partial charge in [-0.15, -0.1) is 0 Å². The molecule has 1 aliphatic heterocycles. The highest BCUT2D eigenvalue weighted by Crippen LogP contribution is 2.22. The Morgan fingerprint density at radius 2 is 2.32 bits per heavy atom. The Hall–Kier alpha value is -1.75. The minimum absolute atomic E-state index is 0.0711. The van der Waals surface area contributed by atoms with Crippen molar-refractivity contribution in [3.8, 4) is 5.75 Å². The first-order valence-corrected chi connectivity index (χ1v) is 7.89. The van der Waals surface area contributed by atoms with Crippen LogP contribution in [0, 0.1) is 12.8 Å². The summed E-state index contributed by atoms with van der Waals surface area (Å²) >= 11 is 0. The summed E-state index contributed by atoms with van der Waals surface area (Å²) in [6.07, 6.45) is 1.05. The number of rotatable bonds is 6. The largest absolute Gasteiger partial charge is 0.493 e. The van der Waals surface area contributed by atoms with Crippen molar-refractivity contribution in [2.45, 2.75) is 26.8 Å². The van der Waals surface area contributed by atoms with Crippen LogP contribution in [0.25, 0.3) is 0 Å². The molecule has 1 aliphatic rings. The lowest BCUT2D eigenvalue weighted by molar-refractivity contribution is 0.166. The van der Waals surface area contributed by atoms with E-state index in [0.29, 0.717) is 25.6 Å². The van der Waals surface area contributed by atoms with E-state index in [0.717, 1.165) is 36.5 Å². The number of nitrogens with one attached hydrogen (secondary N) is 1. The van der Waals surface area contributed by atoms with E-state index < -0.39 is 0 Å². The van der Waals surface area contributed by atoms with Gasteiger partial charge < -0.3 is 19.7 Å². The quantitative estimate of drug-likeness (QED) is 0.879. The number of ether oxygens (including phenoxy) is 2. The molecule has 122 valence electrons. The minimum Gasteiger partial charge on any atom is -0.493 e. The Labute approximate surface area is 132 Å². The molecule has 0 aromatic heterocycles. The van der Waals surface area contributed by atoms with Gasteiger partial charge in [-0.2, -0.15) is 0 Å². The normalized spacial score (nSPS) is 17.3. The Morgan fingerprint density at radius 1 is 1.50 bits per heavy atom. The van der Waals surface area contributed by atoms with E-state index in [2.05, 4.69) is 5.32 Å². The van der Waals surface area contributed by atoms with E-state index in [4.69, 9.17) is 9.47 Å². The number of aryl methyl sites for hydroxylation is 1. The molecule has 2 rings (SSSR count). The summed E-state index contributed by atoms with van der Waals surface area (Å²) in [5, 5.41) is 2.92. The summed E-state index contributed by atoms with van der Waals surface area (Å²) in [7, 11) is 1.78. The van der Waals surface area contributed by atoms with Gasteiger partial charge in [-0.25, -0.2) is 4.79 Å². The number of carbonyl (C=O) groups is 1. The number of amides is 2. The third kappa shape index (κ3) is 4.63. The SMILES string of the molecule is CCN(C)C(=O)NCc1ccc(C)cc1OCC1CCOC1. The Bertz CT molecular complexity index is 499. The van der Waals surface area contributed by atoms with Crippen molar-refractivity contribution in [2.24, 2.45) is 5.92 Å². The van der Waals surface area contributed by atoms with E-state index in [9.17, 15) is 4.79 Å². The monoisotopic (exact) mass is 306 g/mol. The maximum atomic E-state index is 11.9. The molecule has 1 fully saturated rings. The molecule has 5 nitrogen and oxygen atoms in total. The van der Waals surface area contributed by atoms with Gasteiger partial charge in [0.15, 0.2) is 0 Å². The summed E-state index contributed by atoms with van der Waals surface area (Å²) in [6.45, 7) is 7.42. The first-order chi connectivity index (χ1) is 10.6. The molecular weight excluding hydrogens is 280 g/mol. The third-order valence-electron chi connectivity index (χ3n) is 3.97. The van der Waals surface area contributed by atoms with Crippen LogP contribution in [-0.2, 0) is 11.3 Å². The van der Waals surface area contributed by atoms with Crippen LogP contribution in [0.3, 0.4) is 0 Å². The van der Waals surface area contributed by atoms with E-state index in [-0.39, 0.29) is 6.03 Å². The predicted molar refractivity (Wildman–Crippen MR) is 86.1 cm³/mol. The van der Waals surface area contributed by atoms with E-state index in [1.165, 1.54) is 0 Å². The molecule has 0 bridgehead atoms. The standard InChI is InChI=1S/C17H26N2O3/c1-4-19(3)17(20)18-10-15-6-5-13(2)9-16(15)22-12-14-7-8-21-11-14/h5-6,9,14H,4,7-8,10-12H2,1-3H3,(H,18,20). The van der Waals surface area contributed by atoms with Crippen molar-refractivity contribution >= 4 is 6.03 Å². The zero-order valence-corrected chi connectivity index (χ0v) is 13.7. The molecule has 1 aromatic rings. The van der Waals surface area contributed by atoms with Crippen molar-refractivity contribution < 1.29 is 14.3 Å². The molecule has 1 N–H and O–H groups in total. The highest BCUT2D eigenvalue weighted by molar-refractivity contribution is 5.73. The lowest BCUT2D eigenvalue weighted by Crippen LogP contribution is -2.36. The zero-order chi connectivity index (χ0) is 15.9.